The lowest BCUT2D eigenvalue weighted by Gasteiger charge is -2.21. The van der Waals surface area contributed by atoms with Crippen molar-refractivity contribution < 1.29 is 80.2 Å². The number of carbonyl (C=O) groups excluding carboxylic acids is 4. The molecule has 17 nitrogen and oxygen atoms in total. The number of carbonyl (C=O) groups is 4. The number of esters is 4. The van der Waals surface area contributed by atoms with E-state index in [1.807, 2.05) is 0 Å². The van der Waals surface area contributed by atoms with E-state index in [-0.39, 0.29) is 25.7 Å². The van der Waals surface area contributed by atoms with E-state index in [2.05, 4.69) is 41.5 Å². The van der Waals surface area contributed by atoms with Gasteiger partial charge in [0, 0.05) is 25.7 Å². The van der Waals surface area contributed by atoms with Crippen LogP contribution < -0.4 is 0 Å². The van der Waals surface area contributed by atoms with Gasteiger partial charge < -0.3 is 33.8 Å². The summed E-state index contributed by atoms with van der Waals surface area (Å²) in [4.78, 5) is 72.7. The summed E-state index contributed by atoms with van der Waals surface area (Å²) in [5, 5.41) is 10.6. The minimum Gasteiger partial charge on any atom is -0.462 e. The Kier molecular flexibility index (Phi) is 67.4. The second kappa shape index (κ2) is 68.8. The number of phosphoric ester groups is 2. The number of unbranched alkanes of at least 4 members (excludes halogenated alkanes) is 45. The summed E-state index contributed by atoms with van der Waals surface area (Å²) in [6, 6.07) is 0. The molecule has 0 spiro atoms. The van der Waals surface area contributed by atoms with Crippen LogP contribution in [-0.4, -0.2) is 96.7 Å². The predicted molar refractivity (Wildman–Crippen MR) is 391 cm³/mol. The smallest absolute Gasteiger partial charge is 0.462 e. The molecule has 0 aliphatic carbocycles. The Hall–Kier alpha value is -1.94. The fourth-order valence-electron chi connectivity index (χ4n) is 11.8. The monoisotopic (exact) mass is 1410 g/mol. The van der Waals surface area contributed by atoms with E-state index in [1.165, 1.54) is 218 Å². The van der Waals surface area contributed by atoms with Crippen molar-refractivity contribution in [3.05, 3.63) is 0 Å². The average Bonchev–Trinajstić information content (AvgIpc) is 1.14. The summed E-state index contributed by atoms with van der Waals surface area (Å²) >= 11 is 0. The first kappa shape index (κ1) is 94.1. The van der Waals surface area contributed by atoms with E-state index < -0.39 is 97.5 Å². The number of hydrogen-bond acceptors (Lipinski definition) is 15. The van der Waals surface area contributed by atoms with Gasteiger partial charge in [0.05, 0.1) is 26.4 Å². The molecule has 96 heavy (non-hydrogen) atoms. The Morgan fingerprint density at radius 1 is 0.302 bits per heavy atom. The van der Waals surface area contributed by atoms with Crippen LogP contribution in [0.3, 0.4) is 0 Å². The number of aliphatic hydroxyl groups excluding tert-OH is 1. The fraction of sp³-hybridized carbons (Fsp3) is 0.948. The third-order valence-electron chi connectivity index (χ3n) is 18.3. The van der Waals surface area contributed by atoms with E-state index >= 15 is 0 Å². The number of phosphoric acid groups is 2. The van der Waals surface area contributed by atoms with Crippen LogP contribution in [0.4, 0.5) is 0 Å². The van der Waals surface area contributed by atoms with Crippen LogP contribution in [0.2, 0.25) is 0 Å². The molecule has 0 aliphatic rings. The molecule has 19 heteroatoms. The van der Waals surface area contributed by atoms with E-state index in [1.54, 1.807) is 0 Å². The maximum atomic E-state index is 13.1. The van der Waals surface area contributed by atoms with Gasteiger partial charge in [-0.1, -0.05) is 350 Å². The number of hydrogen-bond donors (Lipinski definition) is 3. The first-order valence-electron chi connectivity index (χ1n) is 40.0. The first-order chi connectivity index (χ1) is 46.4. The summed E-state index contributed by atoms with van der Waals surface area (Å²) in [7, 11) is -9.91. The van der Waals surface area contributed by atoms with Crippen LogP contribution in [0.15, 0.2) is 0 Å². The zero-order chi connectivity index (χ0) is 70.7. The lowest BCUT2D eigenvalue weighted by molar-refractivity contribution is -0.161. The highest BCUT2D eigenvalue weighted by Gasteiger charge is 2.30. The largest absolute Gasteiger partial charge is 0.472 e. The highest BCUT2D eigenvalue weighted by atomic mass is 31.2. The quantitative estimate of drug-likeness (QED) is 0.0222. The molecule has 0 aromatic heterocycles. The minimum absolute atomic E-state index is 0.103. The standard InChI is InChI=1S/C77H150O17P2/c1-7-10-12-14-16-18-19-20-21-27-30-33-37-41-48-54-60-75(80)88-65-72(93-76(81)61-55-49-42-38-34-31-28-25-23-22-24-26-29-32-36-39-45-51-57-69(4)5)67-91-95(83,84)89-63-71(78)64-90-96(85,86)92-68-73(66-87-74(79)59-53-47-40-35-17-15-13-11-8-2)94-77(82)62-56-50-44-43-46-52-58-70(6)9-3/h69-73,78H,7-68H2,1-6H3,(H,83,84)(H,85,86)/t70?,71-,72-,73-/m1/s1. The Morgan fingerprint density at radius 2 is 0.531 bits per heavy atom. The molecule has 0 aliphatic heterocycles. The van der Waals surface area contributed by atoms with Crippen LogP contribution in [0, 0.1) is 11.8 Å². The van der Waals surface area contributed by atoms with Gasteiger partial charge in [-0.3, -0.25) is 37.3 Å². The molecule has 0 radical (unpaired) electrons. The molecule has 0 saturated carbocycles. The zero-order valence-corrected chi connectivity index (χ0v) is 64.5. The van der Waals surface area contributed by atoms with Gasteiger partial charge in [-0.15, -0.1) is 0 Å². The van der Waals surface area contributed by atoms with Crippen LogP contribution in [-0.2, 0) is 65.4 Å². The van der Waals surface area contributed by atoms with Crippen molar-refractivity contribution in [3.8, 4) is 0 Å². The van der Waals surface area contributed by atoms with Gasteiger partial charge >= 0.3 is 39.5 Å². The lowest BCUT2D eigenvalue weighted by Crippen LogP contribution is -2.30. The first-order valence-corrected chi connectivity index (χ1v) is 43.0. The Balaban J connectivity index is 5.19. The van der Waals surface area contributed by atoms with Crippen molar-refractivity contribution in [3.63, 3.8) is 0 Å². The summed E-state index contributed by atoms with van der Waals surface area (Å²) < 4.78 is 68.5. The van der Waals surface area contributed by atoms with Gasteiger partial charge in [0.2, 0.25) is 0 Å². The molecular weight excluding hydrogens is 1260 g/mol. The highest BCUT2D eigenvalue weighted by molar-refractivity contribution is 7.47. The van der Waals surface area contributed by atoms with Gasteiger partial charge in [0.1, 0.15) is 19.3 Å². The normalized spacial score (nSPS) is 14.3. The molecule has 3 N–H and O–H groups in total. The van der Waals surface area contributed by atoms with Gasteiger partial charge in [0.25, 0.3) is 0 Å². The van der Waals surface area contributed by atoms with Crippen LogP contribution >= 0.6 is 15.6 Å². The Morgan fingerprint density at radius 3 is 0.792 bits per heavy atom. The zero-order valence-electron chi connectivity index (χ0n) is 62.7. The number of rotatable bonds is 76. The molecule has 0 amide bonds. The SMILES string of the molecule is CCCCCCCCCCCCCCCCCCC(=O)OC[C@H](COP(=O)(O)OC[C@@H](O)COP(=O)(O)OC[C@@H](COC(=O)CCCCCCCCCCC)OC(=O)CCCCCCCCC(C)CC)OC(=O)CCCCCCCCCCCCCCCCCCCCC(C)C. The average molecular weight is 1410 g/mol. The molecular formula is C77H150O17P2. The van der Waals surface area contributed by atoms with Crippen molar-refractivity contribution in [2.75, 3.05) is 39.6 Å². The van der Waals surface area contributed by atoms with Gasteiger partial charge in [-0.25, -0.2) is 9.13 Å². The Bertz CT molecular complexity index is 1860. The maximum absolute atomic E-state index is 13.1. The van der Waals surface area contributed by atoms with E-state index in [0.717, 1.165) is 102 Å². The van der Waals surface area contributed by atoms with Gasteiger partial charge in [-0.2, -0.15) is 0 Å². The van der Waals surface area contributed by atoms with E-state index in [4.69, 9.17) is 37.0 Å². The Labute approximate surface area is 588 Å². The van der Waals surface area contributed by atoms with E-state index in [9.17, 15) is 43.2 Å². The summed E-state index contributed by atoms with van der Waals surface area (Å²) in [5.41, 5.74) is 0. The van der Waals surface area contributed by atoms with E-state index in [0.29, 0.717) is 25.7 Å². The van der Waals surface area contributed by atoms with Crippen molar-refractivity contribution in [2.24, 2.45) is 11.8 Å². The minimum atomic E-state index is -4.96. The highest BCUT2D eigenvalue weighted by Crippen LogP contribution is 2.45. The summed E-state index contributed by atoms with van der Waals surface area (Å²) in [6.45, 7) is 9.57. The van der Waals surface area contributed by atoms with Crippen molar-refractivity contribution in [2.45, 2.75) is 419 Å². The molecule has 3 unspecified atom stereocenters. The topological polar surface area (TPSA) is 237 Å². The van der Waals surface area contributed by atoms with Gasteiger partial charge in [0.15, 0.2) is 12.2 Å². The summed E-state index contributed by atoms with van der Waals surface area (Å²) in [6.07, 6.45) is 57.0. The molecule has 0 fully saturated rings. The maximum Gasteiger partial charge on any atom is 0.472 e. The van der Waals surface area contributed by atoms with Crippen LogP contribution in [0.5, 0.6) is 0 Å². The molecule has 0 rings (SSSR count). The number of ether oxygens (including phenoxy) is 4. The third kappa shape index (κ3) is 69.2. The molecule has 6 atom stereocenters. The lowest BCUT2D eigenvalue weighted by atomic mass is 10.00. The van der Waals surface area contributed by atoms with Crippen LogP contribution in [0.1, 0.15) is 401 Å². The second-order valence-electron chi connectivity index (χ2n) is 28.5. The third-order valence-corrected chi connectivity index (χ3v) is 20.2. The molecule has 570 valence electrons. The number of aliphatic hydroxyl groups is 1. The fourth-order valence-corrected chi connectivity index (χ4v) is 13.4. The van der Waals surface area contributed by atoms with Crippen molar-refractivity contribution >= 4 is 39.5 Å². The molecule has 0 aromatic rings. The predicted octanol–water partition coefficient (Wildman–Crippen LogP) is 22.7. The molecule has 0 heterocycles. The van der Waals surface area contributed by atoms with Crippen molar-refractivity contribution in [1.82, 2.24) is 0 Å². The molecule has 0 bridgehead atoms. The molecule has 0 saturated heterocycles. The second-order valence-corrected chi connectivity index (χ2v) is 31.4. The van der Waals surface area contributed by atoms with Crippen molar-refractivity contribution in [1.29, 1.82) is 0 Å². The van der Waals surface area contributed by atoms with Crippen LogP contribution in [0.25, 0.3) is 0 Å². The van der Waals surface area contributed by atoms with Gasteiger partial charge in [-0.05, 0) is 37.5 Å². The molecule has 0 aromatic carbocycles. The summed E-state index contributed by atoms with van der Waals surface area (Å²) in [5.74, 6) is -0.578.